The Morgan fingerprint density at radius 1 is 1.06 bits per heavy atom. The van der Waals surface area contributed by atoms with E-state index in [2.05, 4.69) is 20.7 Å². The maximum atomic E-state index is 14.0. The number of benzene rings is 1. The number of piperidine rings is 1. The van der Waals surface area contributed by atoms with Gasteiger partial charge >= 0.3 is 6.09 Å². The van der Waals surface area contributed by atoms with Crippen LogP contribution in [0, 0.1) is 17.3 Å². The zero-order valence-electron chi connectivity index (χ0n) is 30.0. The van der Waals surface area contributed by atoms with E-state index in [1.165, 1.54) is 0 Å². The zero-order valence-corrected chi connectivity index (χ0v) is 31.6. The first-order chi connectivity index (χ1) is 24.2. The van der Waals surface area contributed by atoms with Gasteiger partial charge in [-0.25, -0.2) is 4.79 Å². The van der Waals surface area contributed by atoms with Crippen LogP contribution < -0.4 is 20.7 Å². The number of rotatable bonds is 13. The van der Waals surface area contributed by atoms with Crippen molar-refractivity contribution in [1.82, 2.24) is 25.6 Å². The molecule has 1 aromatic carbocycles. The predicted molar refractivity (Wildman–Crippen MR) is 195 cm³/mol. The summed E-state index contributed by atoms with van der Waals surface area (Å²) in [5.74, 6) is -1.38. The van der Waals surface area contributed by atoms with Crippen molar-refractivity contribution in [2.45, 2.75) is 133 Å². The maximum Gasteiger partial charge on any atom is 0.417 e. The third kappa shape index (κ3) is 11.2. The Morgan fingerprint density at radius 3 is 2.41 bits per heavy atom. The van der Waals surface area contributed by atoms with E-state index in [0.29, 0.717) is 43.8 Å². The van der Waals surface area contributed by atoms with Gasteiger partial charge in [-0.3, -0.25) is 23.9 Å². The van der Waals surface area contributed by atoms with Crippen LogP contribution in [0.5, 0.6) is 0 Å². The molecule has 1 spiro atoms. The van der Waals surface area contributed by atoms with E-state index in [9.17, 15) is 29.1 Å². The number of hydrogen-bond acceptors (Lipinski definition) is 8. The summed E-state index contributed by atoms with van der Waals surface area (Å²) >= 11 is 7.01. The molecule has 14 heteroatoms. The zero-order chi connectivity index (χ0) is 36.8. The lowest BCUT2D eigenvalue weighted by molar-refractivity contribution is -0.141. The van der Waals surface area contributed by atoms with Gasteiger partial charge in [0.05, 0.1) is 6.04 Å². The number of nitrogens with one attached hydrogen (secondary N) is 4. The molecule has 2 aliphatic heterocycles. The molecule has 12 nitrogen and oxygen atoms in total. The number of carbonyl (C=O) groups excluding carboxylic acids is 5. The highest BCUT2D eigenvalue weighted by atomic mass is 35.5. The van der Waals surface area contributed by atoms with Crippen LogP contribution in [-0.4, -0.2) is 81.8 Å². The first kappa shape index (κ1) is 39.2. The van der Waals surface area contributed by atoms with Gasteiger partial charge in [-0.05, 0) is 80.5 Å². The fourth-order valence-corrected chi connectivity index (χ4v) is 8.57. The minimum absolute atomic E-state index is 0.000673. The Morgan fingerprint density at radius 2 is 1.76 bits per heavy atom. The minimum atomic E-state index is -1.57. The van der Waals surface area contributed by atoms with E-state index in [4.69, 9.17) is 16.3 Å². The van der Waals surface area contributed by atoms with Crippen molar-refractivity contribution in [3.8, 4) is 0 Å². The second-order valence-corrected chi connectivity index (χ2v) is 17.4. The number of ether oxygens (including phenoxy) is 1. The second kappa shape index (κ2) is 17.2. The average Bonchev–Trinajstić information content (AvgIpc) is 3.86. The molecule has 5 amide bonds. The number of nitrogens with zero attached hydrogens (tertiary/aromatic N) is 1. The van der Waals surface area contributed by atoms with Crippen LogP contribution in [0.4, 0.5) is 4.79 Å². The maximum absolute atomic E-state index is 14.0. The summed E-state index contributed by atoms with van der Waals surface area (Å²) in [6.07, 6.45) is 6.89. The molecule has 2 aliphatic carbocycles. The summed E-state index contributed by atoms with van der Waals surface area (Å²) in [6, 6.07) is 5.96. The third-order valence-corrected chi connectivity index (χ3v) is 11.8. The molecule has 0 aromatic heterocycles. The molecule has 51 heavy (non-hydrogen) atoms. The van der Waals surface area contributed by atoms with Gasteiger partial charge in [-0.1, -0.05) is 76.6 Å². The molecule has 0 radical (unpaired) electrons. The Labute approximate surface area is 310 Å². The Balaban J connectivity index is 1.24. The predicted octanol–water partition coefficient (Wildman–Crippen LogP) is 4.61. The normalized spacial score (nSPS) is 22.4. The number of halogens is 1. The topological polar surface area (TPSA) is 166 Å². The van der Waals surface area contributed by atoms with Crippen molar-refractivity contribution in [3.05, 3.63) is 34.9 Å². The monoisotopic (exact) mass is 747 g/mol. The summed E-state index contributed by atoms with van der Waals surface area (Å²) in [4.78, 5) is 68.0. The molecule has 4 aliphatic rings. The van der Waals surface area contributed by atoms with Crippen molar-refractivity contribution in [3.63, 3.8) is 0 Å². The first-order valence-electron chi connectivity index (χ1n) is 18.4. The van der Waals surface area contributed by atoms with Crippen molar-refractivity contribution >= 4 is 53.3 Å². The summed E-state index contributed by atoms with van der Waals surface area (Å²) in [5, 5.41) is 20.1. The molecule has 4 fully saturated rings. The van der Waals surface area contributed by atoms with E-state index in [1.807, 2.05) is 25.7 Å². The fraction of sp³-hybridized carbons (Fsp3) is 0.703. The van der Waals surface area contributed by atoms with E-state index in [-0.39, 0.29) is 36.8 Å². The van der Waals surface area contributed by atoms with Crippen LogP contribution in [0.3, 0.4) is 0 Å². The molecule has 282 valence electrons. The standard InChI is InChI=1S/C37H54ClN5O7S/c1-36(2,3)34(48)43-16-14-37(15-17-43)21-25(31(45)41-37)20-28(30(44)33(47)39-27-12-13-27)40-32(46)29(19-23-8-5-4-6-9-23)51-42-35(49)50-22-24-10-7-11-26(38)18-24/h7,10-11,18,23,25,27-30,44H,4-6,8-9,12-17,19-22H2,1-3H3,(H,39,47)(H,40,46)(H,41,45)(H,42,49)/t25?,28?,29-,30?/m0/s1. The smallest absolute Gasteiger partial charge is 0.417 e. The number of hydrogen-bond donors (Lipinski definition) is 5. The minimum Gasteiger partial charge on any atom is -0.444 e. The summed E-state index contributed by atoms with van der Waals surface area (Å²) in [7, 11) is 0. The van der Waals surface area contributed by atoms with Gasteiger partial charge < -0.3 is 30.7 Å². The molecular formula is C37H54ClN5O7S. The number of likely N-dealkylation sites (tertiary alicyclic amines) is 1. The lowest BCUT2D eigenvalue weighted by Crippen LogP contribution is -2.54. The van der Waals surface area contributed by atoms with Crippen LogP contribution in [0.25, 0.3) is 0 Å². The van der Waals surface area contributed by atoms with Crippen LogP contribution in [-0.2, 0) is 30.5 Å². The Bertz CT molecular complexity index is 1420. The van der Waals surface area contributed by atoms with Crippen molar-refractivity contribution in [2.24, 2.45) is 17.3 Å². The van der Waals surface area contributed by atoms with E-state index >= 15 is 0 Å². The van der Waals surface area contributed by atoms with Gasteiger partial charge in [0.25, 0.3) is 5.91 Å². The fourth-order valence-electron chi connectivity index (χ4n) is 7.51. The third-order valence-electron chi connectivity index (χ3n) is 10.6. The van der Waals surface area contributed by atoms with Crippen molar-refractivity contribution in [2.75, 3.05) is 13.1 Å². The molecule has 2 saturated heterocycles. The number of amides is 5. The number of aliphatic hydroxyl groups is 1. The van der Waals surface area contributed by atoms with Crippen molar-refractivity contribution < 1.29 is 33.8 Å². The molecule has 2 heterocycles. The van der Waals surface area contributed by atoms with Gasteiger partial charge in [-0.15, -0.1) is 0 Å². The van der Waals surface area contributed by atoms with Gasteiger partial charge in [0.15, 0.2) is 6.10 Å². The van der Waals surface area contributed by atoms with Crippen LogP contribution >= 0.6 is 23.5 Å². The van der Waals surface area contributed by atoms with Gasteiger partial charge in [0, 0.05) is 41.0 Å². The van der Waals surface area contributed by atoms with Crippen molar-refractivity contribution in [1.29, 1.82) is 0 Å². The number of carbonyl (C=O) groups is 5. The van der Waals surface area contributed by atoms with Gasteiger partial charge in [0.2, 0.25) is 17.7 Å². The number of aliphatic hydroxyl groups excluding tert-OH is 1. The molecule has 4 atom stereocenters. The average molecular weight is 748 g/mol. The summed E-state index contributed by atoms with van der Waals surface area (Å²) < 4.78 is 8.03. The molecule has 5 rings (SSSR count). The van der Waals surface area contributed by atoms with Crippen LogP contribution in [0.2, 0.25) is 5.02 Å². The van der Waals surface area contributed by atoms with Gasteiger partial charge in [-0.2, -0.15) is 0 Å². The molecule has 3 unspecified atom stereocenters. The van der Waals surface area contributed by atoms with E-state index in [1.54, 1.807) is 24.3 Å². The van der Waals surface area contributed by atoms with Crippen LogP contribution in [0.1, 0.15) is 103 Å². The quantitative estimate of drug-likeness (QED) is 0.183. The summed E-state index contributed by atoms with van der Waals surface area (Å²) in [6.45, 7) is 6.76. The highest BCUT2D eigenvalue weighted by molar-refractivity contribution is 7.99. The molecule has 5 N–H and O–H groups in total. The highest BCUT2D eigenvalue weighted by Crippen LogP contribution is 2.38. The molecular weight excluding hydrogens is 694 g/mol. The Kier molecular flexibility index (Phi) is 13.2. The second-order valence-electron chi connectivity index (χ2n) is 15.9. The van der Waals surface area contributed by atoms with Gasteiger partial charge in [0.1, 0.15) is 11.9 Å². The van der Waals surface area contributed by atoms with Crippen LogP contribution in [0.15, 0.2) is 24.3 Å². The molecule has 2 saturated carbocycles. The first-order valence-corrected chi connectivity index (χ1v) is 19.7. The summed E-state index contributed by atoms with van der Waals surface area (Å²) in [5.41, 5.74) is -0.253. The SMILES string of the molecule is CC(C)(C)C(=O)N1CCC2(CC1)CC(CC(NC(=O)[C@H](CC1CCCCC1)SNC(=O)OCc1cccc(Cl)c1)C(O)C(=O)NC1CC1)C(=O)N2. The Hall–Kier alpha value is -3.03. The van der Waals surface area contributed by atoms with E-state index in [0.717, 1.165) is 62.5 Å². The lowest BCUT2D eigenvalue weighted by Gasteiger charge is -2.41. The highest BCUT2D eigenvalue weighted by Gasteiger charge is 2.48. The largest absolute Gasteiger partial charge is 0.444 e. The molecule has 0 bridgehead atoms. The molecule has 1 aromatic rings. The van der Waals surface area contributed by atoms with E-state index < -0.39 is 52.2 Å². The lowest BCUT2D eigenvalue weighted by atomic mass is 9.81.